The third-order valence-corrected chi connectivity index (χ3v) is 5.42. The number of aromatic nitrogens is 2. The van der Waals surface area contributed by atoms with Crippen LogP contribution in [0.5, 0.6) is 11.5 Å². The number of nitrogens with zero attached hydrogens (tertiary/aromatic N) is 2. The Balaban J connectivity index is 1.54. The fraction of sp³-hybridized carbons (Fsp3) is 0.143. The van der Waals surface area contributed by atoms with Crippen LogP contribution in [0.15, 0.2) is 72.8 Å². The fourth-order valence-electron chi connectivity index (χ4n) is 3.72. The van der Waals surface area contributed by atoms with E-state index in [1.165, 1.54) is 14.2 Å². The number of amides is 2. The van der Waals surface area contributed by atoms with Crippen LogP contribution in [0.1, 0.15) is 32.1 Å². The average Bonchev–Trinajstić information content (AvgIpc) is 2.89. The summed E-state index contributed by atoms with van der Waals surface area (Å²) in [4.78, 5) is 34.5. The first kappa shape index (κ1) is 25.2. The highest BCUT2D eigenvalue weighted by atomic mass is 16.5. The van der Waals surface area contributed by atoms with Crippen LogP contribution in [0.4, 0.5) is 23.0 Å². The van der Waals surface area contributed by atoms with Crippen molar-refractivity contribution >= 4 is 34.8 Å². The van der Waals surface area contributed by atoms with Crippen LogP contribution in [0.25, 0.3) is 0 Å². The maximum Gasteiger partial charge on any atom is 0.255 e. The van der Waals surface area contributed by atoms with E-state index in [0.29, 0.717) is 45.6 Å². The predicted molar refractivity (Wildman–Crippen MR) is 143 cm³/mol. The number of carbonyl (C=O) groups is 2. The van der Waals surface area contributed by atoms with Gasteiger partial charge in [-0.05, 0) is 50.2 Å². The van der Waals surface area contributed by atoms with Gasteiger partial charge in [0.25, 0.3) is 11.8 Å². The molecule has 4 rings (SSSR count). The molecule has 2 amide bonds. The molecule has 4 aromatic rings. The maximum absolute atomic E-state index is 13.1. The molecule has 9 nitrogen and oxygen atoms in total. The molecule has 1 heterocycles. The number of carbonyl (C=O) groups excluding carboxylic acids is 2. The highest BCUT2D eigenvalue weighted by Gasteiger charge is 2.17. The molecule has 0 spiro atoms. The zero-order valence-electron chi connectivity index (χ0n) is 21.0. The number of anilines is 4. The third kappa shape index (κ3) is 6.21. The standard InChI is InChI=1S/C28H27N5O4/c1-17-13-18(2)30-28(29-17)31-21-12-8-11-20(14-21)27(35)33-23-16-24(36-3)22(15-25(23)37-4)32-26(34)19-9-6-5-7-10-19/h5-16H,1-4H3,(H,32,34)(H,33,35)(H,29,30,31). The van der Waals surface area contributed by atoms with E-state index < -0.39 is 0 Å². The van der Waals surface area contributed by atoms with E-state index in [2.05, 4.69) is 25.9 Å². The lowest BCUT2D eigenvalue weighted by Crippen LogP contribution is -2.15. The minimum absolute atomic E-state index is 0.296. The van der Waals surface area contributed by atoms with Gasteiger partial charge in [-0.1, -0.05) is 24.3 Å². The number of ether oxygens (including phenoxy) is 2. The molecule has 9 heteroatoms. The van der Waals surface area contributed by atoms with E-state index >= 15 is 0 Å². The van der Waals surface area contributed by atoms with Crippen molar-refractivity contribution in [1.82, 2.24) is 9.97 Å². The van der Waals surface area contributed by atoms with Gasteiger partial charge in [0.15, 0.2) is 0 Å². The molecule has 0 bridgehead atoms. The van der Waals surface area contributed by atoms with E-state index in [4.69, 9.17) is 9.47 Å². The summed E-state index contributed by atoms with van der Waals surface area (Å²) in [7, 11) is 2.96. The largest absolute Gasteiger partial charge is 0.494 e. The molecule has 1 aromatic heterocycles. The molecule has 3 aromatic carbocycles. The Morgan fingerprint density at radius 3 is 1.78 bits per heavy atom. The van der Waals surface area contributed by atoms with Gasteiger partial charge in [0.1, 0.15) is 11.5 Å². The van der Waals surface area contributed by atoms with Crippen LogP contribution in [-0.2, 0) is 0 Å². The number of benzene rings is 3. The molecule has 188 valence electrons. The summed E-state index contributed by atoms with van der Waals surface area (Å²) < 4.78 is 11.0. The Hall–Kier alpha value is -4.92. The lowest BCUT2D eigenvalue weighted by molar-refractivity contribution is 0.101. The minimum Gasteiger partial charge on any atom is -0.494 e. The molecule has 37 heavy (non-hydrogen) atoms. The van der Waals surface area contributed by atoms with Crippen molar-refractivity contribution in [2.45, 2.75) is 13.8 Å². The monoisotopic (exact) mass is 497 g/mol. The number of hydrogen-bond acceptors (Lipinski definition) is 7. The quantitative estimate of drug-likeness (QED) is 0.300. The van der Waals surface area contributed by atoms with E-state index in [0.717, 1.165) is 11.4 Å². The topological polar surface area (TPSA) is 114 Å². The highest BCUT2D eigenvalue weighted by Crippen LogP contribution is 2.37. The Morgan fingerprint density at radius 2 is 1.22 bits per heavy atom. The van der Waals surface area contributed by atoms with Crippen molar-refractivity contribution in [2.75, 3.05) is 30.2 Å². The van der Waals surface area contributed by atoms with Crippen molar-refractivity contribution < 1.29 is 19.1 Å². The lowest BCUT2D eigenvalue weighted by atomic mass is 10.1. The fourth-order valence-corrected chi connectivity index (χ4v) is 3.72. The highest BCUT2D eigenvalue weighted by molar-refractivity contribution is 6.07. The van der Waals surface area contributed by atoms with Crippen LogP contribution < -0.4 is 25.4 Å². The molecule has 0 saturated heterocycles. The average molecular weight is 498 g/mol. The molecule has 0 atom stereocenters. The van der Waals surface area contributed by atoms with Crippen molar-refractivity contribution in [3.8, 4) is 11.5 Å². The van der Waals surface area contributed by atoms with Gasteiger partial charge >= 0.3 is 0 Å². The Kier molecular flexibility index (Phi) is 7.63. The summed E-state index contributed by atoms with van der Waals surface area (Å²) in [6.45, 7) is 3.79. The molecule has 0 saturated carbocycles. The van der Waals surface area contributed by atoms with Gasteiger partial charge in [0, 0.05) is 40.3 Å². The van der Waals surface area contributed by atoms with E-state index in [1.54, 1.807) is 54.6 Å². The number of nitrogens with one attached hydrogen (secondary N) is 3. The Labute approximate surface area is 214 Å². The van der Waals surface area contributed by atoms with Crippen molar-refractivity contribution in [3.63, 3.8) is 0 Å². The number of hydrogen-bond donors (Lipinski definition) is 3. The zero-order valence-corrected chi connectivity index (χ0v) is 21.0. The normalized spacial score (nSPS) is 10.4. The molecule has 0 fully saturated rings. The number of rotatable bonds is 8. The molecule has 0 radical (unpaired) electrons. The summed E-state index contributed by atoms with van der Waals surface area (Å²) >= 11 is 0. The zero-order chi connectivity index (χ0) is 26.4. The Bertz CT molecular complexity index is 1420. The van der Waals surface area contributed by atoms with Crippen LogP contribution in [0.2, 0.25) is 0 Å². The van der Waals surface area contributed by atoms with E-state index in [-0.39, 0.29) is 11.8 Å². The Morgan fingerprint density at radius 1 is 0.676 bits per heavy atom. The SMILES string of the molecule is COc1cc(NC(=O)c2cccc(Nc3nc(C)cc(C)n3)c2)c(OC)cc1NC(=O)c1ccccc1. The molecule has 0 aliphatic rings. The summed E-state index contributed by atoms with van der Waals surface area (Å²) in [6, 6.07) is 20.9. The van der Waals surface area contributed by atoms with E-state index in [1.807, 2.05) is 32.0 Å². The molecular weight excluding hydrogens is 470 g/mol. The molecule has 0 unspecified atom stereocenters. The van der Waals surface area contributed by atoms with Gasteiger partial charge in [-0.15, -0.1) is 0 Å². The van der Waals surface area contributed by atoms with Crippen LogP contribution in [0, 0.1) is 13.8 Å². The first-order valence-electron chi connectivity index (χ1n) is 11.5. The summed E-state index contributed by atoms with van der Waals surface area (Å²) in [5.41, 5.74) is 4.06. The first-order chi connectivity index (χ1) is 17.9. The third-order valence-electron chi connectivity index (χ3n) is 5.42. The second kappa shape index (κ2) is 11.2. The van der Waals surface area contributed by atoms with Gasteiger partial charge in [-0.25, -0.2) is 9.97 Å². The molecule has 0 aliphatic carbocycles. The first-order valence-corrected chi connectivity index (χ1v) is 11.5. The summed E-state index contributed by atoms with van der Waals surface area (Å²) in [5, 5.41) is 8.82. The van der Waals surface area contributed by atoms with Gasteiger partial charge in [-0.2, -0.15) is 0 Å². The van der Waals surface area contributed by atoms with Crippen molar-refractivity contribution in [1.29, 1.82) is 0 Å². The second-order valence-electron chi connectivity index (χ2n) is 8.21. The molecular formula is C28H27N5O4. The smallest absolute Gasteiger partial charge is 0.255 e. The number of aryl methyl sites for hydroxylation is 2. The van der Waals surface area contributed by atoms with Gasteiger partial charge in [-0.3, -0.25) is 9.59 Å². The molecule has 0 aliphatic heterocycles. The maximum atomic E-state index is 13.1. The van der Waals surface area contributed by atoms with Crippen molar-refractivity contribution in [2.24, 2.45) is 0 Å². The number of methoxy groups -OCH3 is 2. The van der Waals surface area contributed by atoms with Crippen LogP contribution in [0.3, 0.4) is 0 Å². The summed E-state index contributed by atoms with van der Waals surface area (Å²) in [5.74, 6) is 0.522. The predicted octanol–water partition coefficient (Wildman–Crippen LogP) is 5.36. The molecule has 3 N–H and O–H groups in total. The van der Waals surface area contributed by atoms with Gasteiger partial charge in [0.05, 0.1) is 25.6 Å². The lowest BCUT2D eigenvalue weighted by Gasteiger charge is -2.16. The van der Waals surface area contributed by atoms with Crippen LogP contribution >= 0.6 is 0 Å². The van der Waals surface area contributed by atoms with Crippen molar-refractivity contribution in [3.05, 3.63) is 95.3 Å². The minimum atomic E-state index is -0.355. The second-order valence-corrected chi connectivity index (χ2v) is 8.21. The van der Waals surface area contributed by atoms with E-state index in [9.17, 15) is 9.59 Å². The summed E-state index contributed by atoms with van der Waals surface area (Å²) in [6.07, 6.45) is 0. The van der Waals surface area contributed by atoms with Crippen LogP contribution in [-0.4, -0.2) is 36.0 Å². The van der Waals surface area contributed by atoms with Gasteiger partial charge in [0.2, 0.25) is 5.95 Å². The van der Waals surface area contributed by atoms with Gasteiger partial charge < -0.3 is 25.4 Å².